The summed E-state index contributed by atoms with van der Waals surface area (Å²) >= 11 is 0. The van der Waals surface area contributed by atoms with Crippen molar-refractivity contribution < 1.29 is 18.0 Å². The molecule has 0 saturated carbocycles. The number of amides is 3. The first kappa shape index (κ1) is 23.3. The number of hydrogen-bond acceptors (Lipinski definition) is 4. The maximum absolute atomic E-state index is 13.0. The van der Waals surface area contributed by atoms with Crippen LogP contribution in [0.1, 0.15) is 36.5 Å². The molecule has 2 aliphatic heterocycles. The molecule has 3 amide bonds. The first-order valence-electron chi connectivity index (χ1n) is 11.2. The molecule has 2 heterocycles. The van der Waals surface area contributed by atoms with E-state index in [-0.39, 0.29) is 10.9 Å². The molecule has 33 heavy (non-hydrogen) atoms. The number of nitrogens with zero attached hydrogens (tertiary/aromatic N) is 2. The average molecular weight is 471 g/mol. The van der Waals surface area contributed by atoms with Crippen molar-refractivity contribution in [3.63, 3.8) is 0 Å². The zero-order valence-electron chi connectivity index (χ0n) is 19.2. The number of aryl methyl sites for hydroxylation is 2. The van der Waals surface area contributed by atoms with Gasteiger partial charge < -0.3 is 10.2 Å². The van der Waals surface area contributed by atoms with Gasteiger partial charge in [-0.15, -0.1) is 0 Å². The predicted octanol–water partition coefficient (Wildman–Crippen LogP) is 3.19. The zero-order valence-corrected chi connectivity index (χ0v) is 20.0. The third kappa shape index (κ3) is 5.04. The zero-order chi connectivity index (χ0) is 23.8. The van der Waals surface area contributed by atoms with Crippen LogP contribution in [0.15, 0.2) is 41.3 Å². The first-order valence-corrected chi connectivity index (χ1v) is 12.7. The monoisotopic (exact) mass is 470 g/mol. The third-order valence-corrected chi connectivity index (χ3v) is 7.62. The number of fused-ring (bicyclic) bond motifs is 1. The van der Waals surface area contributed by atoms with E-state index in [4.69, 9.17) is 0 Å². The van der Waals surface area contributed by atoms with Crippen LogP contribution in [-0.2, 0) is 21.2 Å². The molecule has 0 spiro atoms. The fourth-order valence-corrected chi connectivity index (χ4v) is 5.73. The van der Waals surface area contributed by atoms with E-state index in [2.05, 4.69) is 10.0 Å². The molecular weight excluding hydrogens is 440 g/mol. The Labute approximate surface area is 195 Å². The summed E-state index contributed by atoms with van der Waals surface area (Å²) in [6.45, 7) is 7.45. The van der Waals surface area contributed by atoms with Crippen LogP contribution in [0.3, 0.4) is 0 Å². The Morgan fingerprint density at radius 2 is 1.64 bits per heavy atom. The lowest BCUT2D eigenvalue weighted by molar-refractivity contribution is -0.117. The highest BCUT2D eigenvalue weighted by molar-refractivity contribution is 7.89. The number of nitrogens with one attached hydrogen (secondary N) is 2. The molecule has 2 aromatic rings. The fraction of sp³-hybridized carbons (Fsp3) is 0.417. The van der Waals surface area contributed by atoms with Gasteiger partial charge in [0.15, 0.2) is 0 Å². The molecule has 1 atom stereocenters. The summed E-state index contributed by atoms with van der Waals surface area (Å²) in [5, 5.41) is 2.77. The standard InChI is InChI=1S/C24H30N4O4S/c1-16-12-17(2)14-20(13-16)25-23(29)18(3)26-33(31,32)21-6-7-22-19(15-21)8-11-28(22)24(30)27-9-4-5-10-27/h6-7,12-15,18,26H,4-5,8-11H2,1-3H3,(H,25,29)/t18-/m0/s1. The molecule has 4 rings (SSSR count). The Morgan fingerprint density at radius 3 is 2.30 bits per heavy atom. The molecule has 2 N–H and O–H groups in total. The molecule has 1 fully saturated rings. The number of sulfonamides is 1. The van der Waals surface area contributed by atoms with Gasteiger partial charge in [-0.1, -0.05) is 6.07 Å². The van der Waals surface area contributed by atoms with Crippen LogP contribution in [0.2, 0.25) is 0 Å². The van der Waals surface area contributed by atoms with E-state index in [1.165, 1.54) is 13.0 Å². The molecule has 9 heteroatoms. The number of carbonyl (C=O) groups excluding carboxylic acids is 2. The molecule has 0 aromatic heterocycles. The van der Waals surface area contributed by atoms with Crippen molar-refractivity contribution in [1.29, 1.82) is 0 Å². The molecule has 2 aromatic carbocycles. The van der Waals surface area contributed by atoms with E-state index < -0.39 is 22.0 Å². The van der Waals surface area contributed by atoms with Gasteiger partial charge in [0.05, 0.1) is 10.9 Å². The fourth-order valence-electron chi connectivity index (χ4n) is 4.47. The van der Waals surface area contributed by atoms with E-state index in [9.17, 15) is 18.0 Å². The van der Waals surface area contributed by atoms with E-state index in [1.807, 2.05) is 36.9 Å². The van der Waals surface area contributed by atoms with Gasteiger partial charge in [0.25, 0.3) is 0 Å². The van der Waals surface area contributed by atoms with Crippen LogP contribution in [-0.4, -0.2) is 50.9 Å². The molecular formula is C24H30N4O4S. The lowest BCUT2D eigenvalue weighted by Crippen LogP contribution is -2.41. The van der Waals surface area contributed by atoms with Crippen LogP contribution < -0.4 is 14.9 Å². The van der Waals surface area contributed by atoms with Crippen molar-refractivity contribution in [3.8, 4) is 0 Å². The third-order valence-electron chi connectivity index (χ3n) is 6.08. The van der Waals surface area contributed by atoms with Gasteiger partial charge >= 0.3 is 6.03 Å². The van der Waals surface area contributed by atoms with Gasteiger partial charge in [-0.25, -0.2) is 13.2 Å². The van der Waals surface area contributed by atoms with Crippen molar-refractivity contribution in [2.45, 2.75) is 51.0 Å². The number of urea groups is 1. The Morgan fingerprint density at radius 1 is 0.970 bits per heavy atom. The smallest absolute Gasteiger partial charge is 0.324 e. The van der Waals surface area contributed by atoms with E-state index >= 15 is 0 Å². The summed E-state index contributed by atoms with van der Waals surface area (Å²) in [4.78, 5) is 29.0. The minimum Gasteiger partial charge on any atom is -0.325 e. The summed E-state index contributed by atoms with van der Waals surface area (Å²) < 4.78 is 28.4. The van der Waals surface area contributed by atoms with E-state index in [1.54, 1.807) is 17.0 Å². The highest BCUT2D eigenvalue weighted by atomic mass is 32.2. The number of carbonyl (C=O) groups is 2. The van der Waals surface area contributed by atoms with E-state index in [0.29, 0.717) is 18.7 Å². The van der Waals surface area contributed by atoms with Crippen molar-refractivity contribution in [2.24, 2.45) is 0 Å². The van der Waals surface area contributed by atoms with Gasteiger partial charge in [-0.3, -0.25) is 9.69 Å². The average Bonchev–Trinajstić information content (AvgIpc) is 3.42. The van der Waals surface area contributed by atoms with Gasteiger partial charge in [0.1, 0.15) is 0 Å². The molecule has 0 unspecified atom stereocenters. The largest absolute Gasteiger partial charge is 0.325 e. The van der Waals surface area contributed by atoms with Crippen molar-refractivity contribution in [2.75, 3.05) is 29.9 Å². The van der Waals surface area contributed by atoms with Crippen LogP contribution >= 0.6 is 0 Å². The maximum Gasteiger partial charge on any atom is 0.324 e. The minimum absolute atomic E-state index is 0.0170. The van der Waals surface area contributed by atoms with Crippen molar-refractivity contribution >= 4 is 33.3 Å². The Bertz CT molecular complexity index is 1170. The molecule has 8 nitrogen and oxygen atoms in total. The first-order chi connectivity index (χ1) is 15.6. The Balaban J connectivity index is 1.45. The predicted molar refractivity (Wildman–Crippen MR) is 128 cm³/mol. The topological polar surface area (TPSA) is 98.8 Å². The molecule has 176 valence electrons. The van der Waals surface area contributed by atoms with Crippen LogP contribution in [0.25, 0.3) is 0 Å². The summed E-state index contributed by atoms with van der Waals surface area (Å²) in [7, 11) is -3.91. The summed E-state index contributed by atoms with van der Waals surface area (Å²) in [5.74, 6) is -0.438. The molecule has 0 radical (unpaired) electrons. The summed E-state index contributed by atoms with van der Waals surface area (Å²) in [6.07, 6.45) is 2.64. The number of anilines is 2. The number of hydrogen-bond donors (Lipinski definition) is 2. The lowest BCUT2D eigenvalue weighted by Gasteiger charge is -2.24. The van der Waals surface area contributed by atoms with Crippen molar-refractivity contribution in [3.05, 3.63) is 53.1 Å². The second-order valence-electron chi connectivity index (χ2n) is 8.88. The molecule has 2 aliphatic rings. The summed E-state index contributed by atoms with van der Waals surface area (Å²) in [6, 6.07) is 9.47. The second kappa shape index (κ2) is 9.15. The minimum atomic E-state index is -3.91. The van der Waals surface area contributed by atoms with Crippen LogP contribution in [0.4, 0.5) is 16.2 Å². The number of benzene rings is 2. The second-order valence-corrected chi connectivity index (χ2v) is 10.6. The summed E-state index contributed by atoms with van der Waals surface area (Å²) in [5.41, 5.74) is 4.22. The van der Waals surface area contributed by atoms with Crippen molar-refractivity contribution in [1.82, 2.24) is 9.62 Å². The van der Waals surface area contributed by atoms with Crippen LogP contribution in [0, 0.1) is 13.8 Å². The maximum atomic E-state index is 13.0. The molecule has 0 bridgehead atoms. The molecule has 1 saturated heterocycles. The van der Waals surface area contributed by atoms with Gasteiger partial charge in [-0.05, 0) is 87.1 Å². The highest BCUT2D eigenvalue weighted by Gasteiger charge is 2.31. The highest BCUT2D eigenvalue weighted by Crippen LogP contribution is 2.31. The van der Waals surface area contributed by atoms with Crippen LogP contribution in [0.5, 0.6) is 0 Å². The van der Waals surface area contributed by atoms with Gasteiger partial charge in [0, 0.05) is 31.0 Å². The lowest BCUT2D eigenvalue weighted by atomic mass is 10.1. The number of rotatable bonds is 5. The number of likely N-dealkylation sites (tertiary alicyclic amines) is 1. The SMILES string of the molecule is Cc1cc(C)cc(NC(=O)[C@H](C)NS(=O)(=O)c2ccc3c(c2)CCN3C(=O)N2CCCC2)c1. The normalized spacial score (nSPS) is 16.6. The van der Waals surface area contributed by atoms with E-state index in [0.717, 1.165) is 48.3 Å². The van der Waals surface area contributed by atoms with Gasteiger partial charge in [-0.2, -0.15) is 4.72 Å². The molecule has 0 aliphatic carbocycles. The Hall–Kier alpha value is -2.91. The van der Waals surface area contributed by atoms with Gasteiger partial charge in [0.2, 0.25) is 15.9 Å². The Kier molecular flexibility index (Phi) is 6.45. The quantitative estimate of drug-likeness (QED) is 0.701.